The standard InChI is InChI=1S/C9H13F3N4O/c10-9(11,12)6-17-4-3-16-8-1-2-13-5-7(8)14-15-16/h13H,1-6H2. The summed E-state index contributed by atoms with van der Waals surface area (Å²) >= 11 is 0. The largest absolute Gasteiger partial charge is 0.411 e. The molecule has 0 radical (unpaired) electrons. The lowest BCUT2D eigenvalue weighted by molar-refractivity contribution is -0.174. The Morgan fingerprint density at radius 1 is 1.41 bits per heavy atom. The number of fused-ring (bicyclic) bond motifs is 1. The SMILES string of the molecule is FC(F)(F)COCCn1nnc2c1CCNC2. The molecule has 0 aromatic carbocycles. The maximum absolute atomic E-state index is 11.8. The molecule has 1 aromatic rings. The van der Waals surface area contributed by atoms with Crippen molar-refractivity contribution in [1.29, 1.82) is 0 Å². The fourth-order valence-corrected chi connectivity index (χ4v) is 1.71. The van der Waals surface area contributed by atoms with Crippen molar-refractivity contribution in [2.24, 2.45) is 0 Å². The van der Waals surface area contributed by atoms with Gasteiger partial charge in [0.25, 0.3) is 0 Å². The number of hydrogen-bond acceptors (Lipinski definition) is 4. The van der Waals surface area contributed by atoms with Gasteiger partial charge < -0.3 is 10.1 Å². The van der Waals surface area contributed by atoms with Gasteiger partial charge >= 0.3 is 6.18 Å². The van der Waals surface area contributed by atoms with Crippen LogP contribution in [0.2, 0.25) is 0 Å². The van der Waals surface area contributed by atoms with Crippen molar-refractivity contribution >= 4 is 0 Å². The number of halogens is 3. The highest BCUT2D eigenvalue weighted by molar-refractivity contribution is 5.13. The third-order valence-electron chi connectivity index (χ3n) is 2.46. The Bertz CT molecular complexity index is 377. The normalized spacial score (nSPS) is 15.9. The molecule has 0 amide bonds. The Labute approximate surface area is 95.9 Å². The molecule has 2 rings (SSSR count). The summed E-state index contributed by atoms with van der Waals surface area (Å²) in [6.07, 6.45) is -3.48. The number of rotatable bonds is 4. The highest BCUT2D eigenvalue weighted by atomic mass is 19.4. The number of hydrogen-bond donors (Lipinski definition) is 1. The van der Waals surface area contributed by atoms with E-state index in [1.165, 1.54) is 0 Å². The van der Waals surface area contributed by atoms with Crippen molar-refractivity contribution in [3.8, 4) is 0 Å². The second kappa shape index (κ2) is 5.01. The van der Waals surface area contributed by atoms with Gasteiger partial charge in [0.2, 0.25) is 0 Å². The molecular formula is C9H13F3N4O. The van der Waals surface area contributed by atoms with Crippen molar-refractivity contribution in [2.75, 3.05) is 19.8 Å². The highest BCUT2D eigenvalue weighted by Gasteiger charge is 2.27. The van der Waals surface area contributed by atoms with Crippen LogP contribution in [-0.2, 0) is 24.2 Å². The molecule has 1 aliphatic rings. The van der Waals surface area contributed by atoms with Crippen molar-refractivity contribution in [1.82, 2.24) is 20.3 Å². The van der Waals surface area contributed by atoms with Crippen LogP contribution >= 0.6 is 0 Å². The van der Waals surface area contributed by atoms with E-state index in [0.29, 0.717) is 13.1 Å². The van der Waals surface area contributed by atoms with Gasteiger partial charge in [-0.05, 0) is 0 Å². The Morgan fingerprint density at radius 2 is 2.24 bits per heavy atom. The van der Waals surface area contributed by atoms with Gasteiger partial charge in [-0.15, -0.1) is 5.10 Å². The first-order valence-corrected chi connectivity index (χ1v) is 5.33. The summed E-state index contributed by atoms with van der Waals surface area (Å²) in [6.45, 7) is 0.578. The van der Waals surface area contributed by atoms with E-state index in [2.05, 4.69) is 20.4 Å². The lowest BCUT2D eigenvalue weighted by atomic mass is 10.2. The Hall–Kier alpha value is -1.15. The average molecular weight is 250 g/mol. The van der Waals surface area contributed by atoms with Gasteiger partial charge in [-0.3, -0.25) is 0 Å². The summed E-state index contributed by atoms with van der Waals surface area (Å²) in [5, 5.41) is 11.0. The van der Waals surface area contributed by atoms with Crippen molar-refractivity contribution < 1.29 is 17.9 Å². The molecule has 0 bridgehead atoms. The molecule has 0 fully saturated rings. The average Bonchev–Trinajstić information content (AvgIpc) is 2.67. The van der Waals surface area contributed by atoms with E-state index in [-0.39, 0.29) is 6.61 Å². The zero-order valence-corrected chi connectivity index (χ0v) is 9.13. The first kappa shape index (κ1) is 12.3. The minimum atomic E-state index is -4.27. The predicted molar refractivity (Wildman–Crippen MR) is 52.3 cm³/mol. The number of nitrogens with one attached hydrogen (secondary N) is 1. The fraction of sp³-hybridized carbons (Fsp3) is 0.778. The smallest absolute Gasteiger partial charge is 0.370 e. The summed E-state index contributed by atoms with van der Waals surface area (Å²) in [5.74, 6) is 0. The molecule has 8 heteroatoms. The van der Waals surface area contributed by atoms with E-state index in [9.17, 15) is 13.2 Å². The molecule has 0 unspecified atom stereocenters. The van der Waals surface area contributed by atoms with E-state index in [1.54, 1.807) is 4.68 Å². The maximum Gasteiger partial charge on any atom is 0.411 e. The van der Waals surface area contributed by atoms with Crippen LogP contribution in [0.1, 0.15) is 11.4 Å². The number of ether oxygens (including phenoxy) is 1. The Kier molecular flexibility index (Phi) is 3.63. The van der Waals surface area contributed by atoms with Crippen molar-refractivity contribution in [2.45, 2.75) is 25.7 Å². The van der Waals surface area contributed by atoms with Gasteiger partial charge in [-0.25, -0.2) is 4.68 Å². The van der Waals surface area contributed by atoms with Crippen LogP contribution < -0.4 is 5.32 Å². The summed E-state index contributed by atoms with van der Waals surface area (Å²) in [4.78, 5) is 0. The monoisotopic (exact) mass is 250 g/mol. The van der Waals surface area contributed by atoms with Gasteiger partial charge in [-0.2, -0.15) is 13.2 Å². The molecule has 1 aliphatic heterocycles. The topological polar surface area (TPSA) is 52.0 Å². The second-order valence-corrected chi connectivity index (χ2v) is 3.80. The number of nitrogens with zero attached hydrogens (tertiary/aromatic N) is 3. The number of aromatic nitrogens is 3. The molecular weight excluding hydrogens is 237 g/mol. The molecule has 0 saturated heterocycles. The molecule has 0 spiro atoms. The molecule has 17 heavy (non-hydrogen) atoms. The van der Waals surface area contributed by atoms with E-state index in [4.69, 9.17) is 0 Å². The fourth-order valence-electron chi connectivity index (χ4n) is 1.71. The third kappa shape index (κ3) is 3.40. The van der Waals surface area contributed by atoms with Crippen molar-refractivity contribution in [3.63, 3.8) is 0 Å². The minimum Gasteiger partial charge on any atom is -0.370 e. The quantitative estimate of drug-likeness (QED) is 0.791. The van der Waals surface area contributed by atoms with Gasteiger partial charge in [0.05, 0.1) is 24.5 Å². The van der Waals surface area contributed by atoms with Crippen LogP contribution in [0.5, 0.6) is 0 Å². The first-order chi connectivity index (χ1) is 8.06. The first-order valence-electron chi connectivity index (χ1n) is 5.33. The number of alkyl halides is 3. The van der Waals surface area contributed by atoms with Crippen LogP contribution in [0.15, 0.2) is 0 Å². The van der Waals surface area contributed by atoms with Crippen LogP contribution in [0, 0.1) is 0 Å². The lowest BCUT2D eigenvalue weighted by Crippen LogP contribution is -2.26. The lowest BCUT2D eigenvalue weighted by Gasteiger charge is -2.13. The van der Waals surface area contributed by atoms with Crippen LogP contribution in [0.3, 0.4) is 0 Å². The molecule has 96 valence electrons. The summed E-state index contributed by atoms with van der Waals surface area (Å²) in [7, 11) is 0. The van der Waals surface area contributed by atoms with Crippen LogP contribution in [0.4, 0.5) is 13.2 Å². The minimum absolute atomic E-state index is 0.0112. The van der Waals surface area contributed by atoms with E-state index in [1.807, 2.05) is 0 Å². The zero-order valence-electron chi connectivity index (χ0n) is 9.13. The van der Waals surface area contributed by atoms with Crippen LogP contribution in [-0.4, -0.2) is 40.9 Å². The Balaban J connectivity index is 1.81. The van der Waals surface area contributed by atoms with Crippen LogP contribution in [0.25, 0.3) is 0 Å². The molecule has 1 aromatic heterocycles. The van der Waals surface area contributed by atoms with E-state index in [0.717, 1.165) is 24.4 Å². The molecule has 2 heterocycles. The van der Waals surface area contributed by atoms with Gasteiger partial charge in [0.1, 0.15) is 6.61 Å². The van der Waals surface area contributed by atoms with Gasteiger partial charge in [-0.1, -0.05) is 5.21 Å². The molecule has 0 atom stereocenters. The molecule has 5 nitrogen and oxygen atoms in total. The van der Waals surface area contributed by atoms with Gasteiger partial charge in [0.15, 0.2) is 0 Å². The highest BCUT2D eigenvalue weighted by Crippen LogP contribution is 2.14. The summed E-state index contributed by atoms with van der Waals surface area (Å²) < 4.78 is 41.6. The van der Waals surface area contributed by atoms with Gasteiger partial charge in [0, 0.05) is 19.5 Å². The van der Waals surface area contributed by atoms with Crippen molar-refractivity contribution in [3.05, 3.63) is 11.4 Å². The van der Waals surface area contributed by atoms with E-state index >= 15 is 0 Å². The molecule has 1 N–H and O–H groups in total. The zero-order chi connectivity index (χ0) is 12.3. The predicted octanol–water partition coefficient (Wildman–Crippen LogP) is 0.503. The third-order valence-corrected chi connectivity index (χ3v) is 2.46. The Morgan fingerprint density at radius 3 is 3.00 bits per heavy atom. The molecule has 0 saturated carbocycles. The van der Waals surface area contributed by atoms with E-state index < -0.39 is 12.8 Å². The molecule has 0 aliphatic carbocycles. The maximum atomic E-state index is 11.8. The summed E-state index contributed by atoms with van der Waals surface area (Å²) in [5.41, 5.74) is 1.85. The summed E-state index contributed by atoms with van der Waals surface area (Å²) in [6, 6.07) is 0. The second-order valence-electron chi connectivity index (χ2n) is 3.80.